The fourth-order valence-electron chi connectivity index (χ4n) is 2.21. The summed E-state index contributed by atoms with van der Waals surface area (Å²) in [7, 11) is 0. The van der Waals surface area contributed by atoms with Crippen molar-refractivity contribution in [1.82, 2.24) is 0 Å². The minimum absolute atomic E-state index is 0.163. The Hall–Kier alpha value is -2.10. The lowest BCUT2D eigenvalue weighted by Gasteiger charge is -2.29. The van der Waals surface area contributed by atoms with E-state index < -0.39 is 17.4 Å². The predicted octanol–water partition coefficient (Wildman–Crippen LogP) is 2.50. The molecular formula is C15H16O4. The van der Waals surface area contributed by atoms with E-state index in [9.17, 15) is 14.7 Å². The molecule has 1 aliphatic rings. The monoisotopic (exact) mass is 260 g/mol. The minimum atomic E-state index is -1.41. The van der Waals surface area contributed by atoms with E-state index in [1.807, 2.05) is 36.4 Å². The van der Waals surface area contributed by atoms with E-state index in [0.717, 1.165) is 5.56 Å². The number of hydrogen-bond donors (Lipinski definition) is 1. The number of ether oxygens (including phenoxy) is 1. The Balaban J connectivity index is 2.12. The van der Waals surface area contributed by atoms with Crippen LogP contribution in [0.1, 0.15) is 24.8 Å². The van der Waals surface area contributed by atoms with Gasteiger partial charge in [0.15, 0.2) is 5.41 Å². The molecule has 0 aromatic heterocycles. The van der Waals surface area contributed by atoms with Gasteiger partial charge in [0.2, 0.25) is 0 Å². The molecule has 1 unspecified atom stereocenters. The average Bonchev–Trinajstić information content (AvgIpc) is 2.42. The van der Waals surface area contributed by atoms with Crippen LogP contribution in [0.4, 0.5) is 0 Å². The average molecular weight is 260 g/mol. The normalized spacial score (nSPS) is 23.3. The highest BCUT2D eigenvalue weighted by Crippen LogP contribution is 2.34. The van der Waals surface area contributed by atoms with Gasteiger partial charge in [-0.25, -0.2) is 0 Å². The van der Waals surface area contributed by atoms with Crippen molar-refractivity contribution in [2.75, 3.05) is 6.61 Å². The largest absolute Gasteiger partial charge is 0.480 e. The number of rotatable bonds is 4. The maximum Gasteiger partial charge on any atom is 0.323 e. The van der Waals surface area contributed by atoms with Crippen molar-refractivity contribution in [2.24, 2.45) is 5.41 Å². The van der Waals surface area contributed by atoms with Gasteiger partial charge in [-0.15, -0.1) is 0 Å². The molecule has 1 aromatic carbocycles. The van der Waals surface area contributed by atoms with E-state index in [-0.39, 0.29) is 6.42 Å². The summed E-state index contributed by atoms with van der Waals surface area (Å²) < 4.78 is 4.90. The third-order valence-electron chi connectivity index (χ3n) is 3.36. The van der Waals surface area contributed by atoms with Gasteiger partial charge in [-0.2, -0.15) is 0 Å². The number of hydrogen-bond acceptors (Lipinski definition) is 3. The molecule has 1 atom stereocenters. The van der Waals surface area contributed by atoms with Crippen LogP contribution in [0.2, 0.25) is 0 Å². The van der Waals surface area contributed by atoms with Gasteiger partial charge in [0.25, 0.3) is 0 Å². The van der Waals surface area contributed by atoms with E-state index in [4.69, 9.17) is 4.74 Å². The number of carboxylic acid groups (broad SMARTS) is 1. The third-order valence-corrected chi connectivity index (χ3v) is 3.36. The number of carboxylic acids is 1. The van der Waals surface area contributed by atoms with Crippen molar-refractivity contribution >= 4 is 18.0 Å². The Morgan fingerprint density at radius 1 is 1.37 bits per heavy atom. The topological polar surface area (TPSA) is 63.6 Å². The molecule has 0 aliphatic carbocycles. The quantitative estimate of drug-likeness (QED) is 0.667. The van der Waals surface area contributed by atoms with Crippen LogP contribution < -0.4 is 0 Å². The van der Waals surface area contributed by atoms with Gasteiger partial charge in [-0.1, -0.05) is 42.5 Å². The summed E-state index contributed by atoms with van der Waals surface area (Å²) in [6, 6.07) is 9.56. The second-order valence-electron chi connectivity index (χ2n) is 4.64. The van der Waals surface area contributed by atoms with Crippen LogP contribution in [0.25, 0.3) is 6.08 Å². The van der Waals surface area contributed by atoms with E-state index in [0.29, 0.717) is 19.4 Å². The van der Waals surface area contributed by atoms with Crippen molar-refractivity contribution in [3.8, 4) is 0 Å². The van der Waals surface area contributed by atoms with Crippen LogP contribution in [0.15, 0.2) is 36.4 Å². The van der Waals surface area contributed by atoms with Crippen LogP contribution >= 0.6 is 0 Å². The van der Waals surface area contributed by atoms with Gasteiger partial charge >= 0.3 is 11.9 Å². The molecule has 4 heteroatoms. The van der Waals surface area contributed by atoms with Gasteiger partial charge in [0, 0.05) is 0 Å². The number of carbonyl (C=O) groups is 2. The van der Waals surface area contributed by atoms with E-state index in [1.54, 1.807) is 6.08 Å². The molecule has 100 valence electrons. The van der Waals surface area contributed by atoms with Crippen LogP contribution in [-0.4, -0.2) is 23.7 Å². The molecule has 1 aliphatic heterocycles. The van der Waals surface area contributed by atoms with Gasteiger partial charge in [0.1, 0.15) is 0 Å². The number of esters is 1. The number of carbonyl (C=O) groups excluding carboxylic acids is 1. The Bertz CT molecular complexity index is 492. The van der Waals surface area contributed by atoms with Gasteiger partial charge in [-0.05, 0) is 24.8 Å². The summed E-state index contributed by atoms with van der Waals surface area (Å²) in [6.45, 7) is 0.316. The highest BCUT2D eigenvalue weighted by Gasteiger charge is 2.48. The molecule has 1 fully saturated rings. The second kappa shape index (κ2) is 5.69. The van der Waals surface area contributed by atoms with Crippen molar-refractivity contribution < 1.29 is 19.4 Å². The molecule has 2 rings (SSSR count). The zero-order valence-corrected chi connectivity index (χ0v) is 10.5. The first-order chi connectivity index (χ1) is 9.15. The summed E-state index contributed by atoms with van der Waals surface area (Å²) >= 11 is 0. The number of aliphatic carboxylic acids is 1. The van der Waals surface area contributed by atoms with Crippen molar-refractivity contribution in [3.63, 3.8) is 0 Å². The van der Waals surface area contributed by atoms with Crippen LogP contribution in [0, 0.1) is 5.41 Å². The van der Waals surface area contributed by atoms with Crippen LogP contribution in [0.5, 0.6) is 0 Å². The van der Waals surface area contributed by atoms with Crippen LogP contribution in [-0.2, 0) is 14.3 Å². The van der Waals surface area contributed by atoms with Gasteiger partial charge < -0.3 is 9.84 Å². The fraction of sp³-hybridized carbons (Fsp3) is 0.333. The first-order valence-electron chi connectivity index (χ1n) is 6.27. The molecule has 0 radical (unpaired) electrons. The SMILES string of the molecule is O=C(O)C1(CC=Cc2ccccc2)CCCOC1=O. The van der Waals surface area contributed by atoms with Gasteiger partial charge in [-0.3, -0.25) is 9.59 Å². The number of benzene rings is 1. The lowest BCUT2D eigenvalue weighted by molar-refractivity contribution is -0.174. The third kappa shape index (κ3) is 2.84. The summed E-state index contributed by atoms with van der Waals surface area (Å²) in [4.78, 5) is 23.2. The first kappa shape index (κ1) is 13.3. The molecule has 1 aromatic rings. The molecule has 0 spiro atoms. The van der Waals surface area contributed by atoms with Crippen LogP contribution in [0.3, 0.4) is 0 Å². The predicted molar refractivity (Wildman–Crippen MR) is 70.4 cm³/mol. The number of allylic oxidation sites excluding steroid dienone is 1. The summed E-state index contributed by atoms with van der Waals surface area (Å²) in [5, 5.41) is 9.32. The molecule has 19 heavy (non-hydrogen) atoms. The van der Waals surface area contributed by atoms with E-state index in [1.165, 1.54) is 0 Å². The summed E-state index contributed by atoms with van der Waals surface area (Å²) in [5.74, 6) is -1.72. The highest BCUT2D eigenvalue weighted by atomic mass is 16.5. The van der Waals surface area contributed by atoms with E-state index in [2.05, 4.69) is 0 Å². The molecule has 0 saturated carbocycles. The van der Waals surface area contributed by atoms with Crippen molar-refractivity contribution in [2.45, 2.75) is 19.3 Å². The molecule has 4 nitrogen and oxygen atoms in total. The fourth-order valence-corrected chi connectivity index (χ4v) is 2.21. The summed E-state index contributed by atoms with van der Waals surface area (Å²) in [6.07, 6.45) is 4.65. The maximum absolute atomic E-state index is 11.8. The summed E-state index contributed by atoms with van der Waals surface area (Å²) in [5.41, 5.74) is -0.434. The Kier molecular flexibility index (Phi) is 4.00. The Morgan fingerprint density at radius 3 is 2.74 bits per heavy atom. The lowest BCUT2D eigenvalue weighted by atomic mass is 9.78. The lowest BCUT2D eigenvalue weighted by Crippen LogP contribution is -2.43. The van der Waals surface area contributed by atoms with Gasteiger partial charge in [0.05, 0.1) is 6.61 Å². The zero-order valence-electron chi connectivity index (χ0n) is 10.5. The molecule has 1 saturated heterocycles. The molecule has 1 heterocycles. The first-order valence-corrected chi connectivity index (χ1v) is 6.27. The Labute approximate surface area is 111 Å². The van der Waals surface area contributed by atoms with E-state index >= 15 is 0 Å². The molecular weight excluding hydrogens is 244 g/mol. The van der Waals surface area contributed by atoms with Crippen molar-refractivity contribution in [3.05, 3.63) is 42.0 Å². The molecule has 0 amide bonds. The zero-order chi connectivity index (χ0) is 13.7. The second-order valence-corrected chi connectivity index (χ2v) is 4.64. The standard InChI is InChI=1S/C15H16O4/c16-13(17)15(10-5-11-19-14(15)18)9-4-8-12-6-2-1-3-7-12/h1-4,6-8H,5,9-11H2,(H,16,17). The van der Waals surface area contributed by atoms with Crippen molar-refractivity contribution in [1.29, 1.82) is 0 Å². The smallest absolute Gasteiger partial charge is 0.323 e. The molecule has 1 N–H and O–H groups in total. The minimum Gasteiger partial charge on any atom is -0.480 e. The molecule has 0 bridgehead atoms. The number of cyclic esters (lactones) is 1. The maximum atomic E-state index is 11.8. The highest BCUT2D eigenvalue weighted by molar-refractivity contribution is 5.99. The Morgan fingerprint density at radius 2 is 2.11 bits per heavy atom.